The first-order valence-electron chi connectivity index (χ1n) is 13.6. The second-order valence-corrected chi connectivity index (χ2v) is 10.4. The van der Waals surface area contributed by atoms with Crippen LogP contribution in [0.1, 0.15) is 48.8 Å². The molecule has 0 atom stereocenters. The minimum absolute atomic E-state index is 0.137. The van der Waals surface area contributed by atoms with Crippen molar-refractivity contribution in [2.45, 2.75) is 51.0 Å². The van der Waals surface area contributed by atoms with E-state index in [0.717, 1.165) is 64.1 Å². The van der Waals surface area contributed by atoms with Gasteiger partial charge in [0.05, 0.1) is 0 Å². The molecule has 1 saturated carbocycles. The summed E-state index contributed by atoms with van der Waals surface area (Å²) in [6.07, 6.45) is 14.6. The fourth-order valence-corrected chi connectivity index (χ4v) is 5.69. The van der Waals surface area contributed by atoms with Gasteiger partial charge in [0.1, 0.15) is 5.82 Å². The number of fused-ring (bicyclic) bond motifs is 1. The zero-order chi connectivity index (χ0) is 25.5. The molecule has 1 amide bonds. The van der Waals surface area contributed by atoms with Crippen LogP contribution < -0.4 is 5.32 Å². The summed E-state index contributed by atoms with van der Waals surface area (Å²) in [6, 6.07) is 17.7. The molecule has 5 rings (SSSR count). The van der Waals surface area contributed by atoms with Crippen molar-refractivity contribution in [3.05, 3.63) is 95.6 Å². The van der Waals surface area contributed by atoms with Gasteiger partial charge in [0.2, 0.25) is 5.91 Å². The molecule has 1 aliphatic heterocycles. The molecule has 2 aromatic carbocycles. The van der Waals surface area contributed by atoms with E-state index >= 15 is 0 Å². The lowest BCUT2D eigenvalue weighted by atomic mass is 9.84. The lowest BCUT2D eigenvalue weighted by Crippen LogP contribution is -2.37. The number of amides is 1. The molecule has 0 spiro atoms. The second kappa shape index (κ2) is 12.3. The quantitative estimate of drug-likeness (QED) is 0.403. The van der Waals surface area contributed by atoms with Crippen LogP contribution in [0.25, 0.3) is 17.2 Å². The number of pyridine rings is 1. The van der Waals surface area contributed by atoms with Crippen LogP contribution in [-0.4, -0.2) is 41.5 Å². The summed E-state index contributed by atoms with van der Waals surface area (Å²) in [5.41, 5.74) is 5.83. The average molecular weight is 498 g/mol. The molecule has 0 saturated heterocycles. The molecule has 0 unspecified atom stereocenters. The van der Waals surface area contributed by atoms with Crippen molar-refractivity contribution in [3.8, 4) is 11.1 Å². The van der Waals surface area contributed by atoms with Crippen LogP contribution >= 0.6 is 0 Å². The number of aromatic nitrogens is 1. The van der Waals surface area contributed by atoms with E-state index in [1.165, 1.54) is 40.8 Å². The zero-order valence-corrected chi connectivity index (χ0v) is 21.4. The molecule has 2 aliphatic rings. The highest BCUT2D eigenvalue weighted by Crippen LogP contribution is 2.28. The number of carbonyl (C=O) groups is 1. The summed E-state index contributed by atoms with van der Waals surface area (Å²) in [6.45, 7) is 3.39. The van der Waals surface area contributed by atoms with Gasteiger partial charge < -0.3 is 10.2 Å². The summed E-state index contributed by atoms with van der Waals surface area (Å²) < 4.78 is 13.7. The Labute approximate surface area is 219 Å². The van der Waals surface area contributed by atoms with Crippen molar-refractivity contribution in [1.82, 2.24) is 15.2 Å². The molecule has 3 aromatic rings. The first-order chi connectivity index (χ1) is 18.1. The van der Waals surface area contributed by atoms with Crippen molar-refractivity contribution in [3.63, 3.8) is 0 Å². The Hall–Kier alpha value is -3.31. The summed E-state index contributed by atoms with van der Waals surface area (Å²) in [5.74, 6) is 0.280. The Kier molecular flexibility index (Phi) is 8.42. The molecule has 1 N–H and O–H groups in total. The number of nitrogens with zero attached hydrogens (tertiary/aromatic N) is 2. The minimum Gasteiger partial charge on any atom is -0.350 e. The van der Waals surface area contributed by atoms with Gasteiger partial charge in [0, 0.05) is 43.2 Å². The number of nitrogens with one attached hydrogen (secondary N) is 1. The van der Waals surface area contributed by atoms with Gasteiger partial charge in [0.25, 0.3) is 0 Å². The van der Waals surface area contributed by atoms with E-state index in [1.54, 1.807) is 24.3 Å². The maximum absolute atomic E-state index is 13.7. The van der Waals surface area contributed by atoms with Crippen molar-refractivity contribution < 1.29 is 9.18 Å². The van der Waals surface area contributed by atoms with Gasteiger partial charge in [-0.25, -0.2) is 4.39 Å². The third-order valence-electron chi connectivity index (χ3n) is 7.96. The second-order valence-electron chi connectivity index (χ2n) is 10.4. The molecular weight excluding hydrogens is 461 g/mol. The Bertz CT molecular complexity index is 1220. The van der Waals surface area contributed by atoms with Crippen LogP contribution in [0.5, 0.6) is 0 Å². The van der Waals surface area contributed by atoms with Gasteiger partial charge in [-0.05, 0) is 97.9 Å². The topological polar surface area (TPSA) is 45.2 Å². The Morgan fingerprint density at radius 3 is 2.57 bits per heavy atom. The first kappa shape index (κ1) is 25.3. The maximum atomic E-state index is 13.7. The predicted molar refractivity (Wildman–Crippen MR) is 147 cm³/mol. The monoisotopic (exact) mass is 497 g/mol. The van der Waals surface area contributed by atoms with Crippen LogP contribution in [0.15, 0.2) is 73.1 Å². The maximum Gasteiger partial charge on any atom is 0.244 e. The van der Waals surface area contributed by atoms with Crippen LogP contribution in [0.2, 0.25) is 0 Å². The summed E-state index contributed by atoms with van der Waals surface area (Å²) in [5, 5.41) is 3.11. The normalized spacial score (nSPS) is 20.4. The van der Waals surface area contributed by atoms with Crippen molar-refractivity contribution in [2.75, 3.05) is 19.6 Å². The van der Waals surface area contributed by atoms with Crippen molar-refractivity contribution >= 4 is 12.0 Å². The number of carbonyl (C=O) groups excluding carboxylic acids is 1. The van der Waals surface area contributed by atoms with Crippen molar-refractivity contribution in [1.29, 1.82) is 0 Å². The molecule has 1 aliphatic carbocycles. The SMILES string of the molecule is O=C(/C=C/c1ccccc1F)NC1CCC(CCN2CCc3ccc(-c4cccnc4)cc3CC2)CC1. The fourth-order valence-electron chi connectivity index (χ4n) is 5.69. The summed E-state index contributed by atoms with van der Waals surface area (Å²) in [4.78, 5) is 19.2. The average Bonchev–Trinajstić information content (AvgIpc) is 3.14. The Morgan fingerprint density at radius 2 is 1.78 bits per heavy atom. The molecule has 1 aromatic heterocycles. The zero-order valence-electron chi connectivity index (χ0n) is 21.4. The van der Waals surface area contributed by atoms with E-state index in [0.29, 0.717) is 5.56 Å². The summed E-state index contributed by atoms with van der Waals surface area (Å²) in [7, 11) is 0. The number of hydrogen-bond acceptors (Lipinski definition) is 3. The molecule has 192 valence electrons. The molecule has 4 nitrogen and oxygen atoms in total. The van der Waals surface area contributed by atoms with Gasteiger partial charge in [-0.15, -0.1) is 0 Å². The van der Waals surface area contributed by atoms with Crippen molar-refractivity contribution in [2.24, 2.45) is 5.92 Å². The Morgan fingerprint density at radius 1 is 0.973 bits per heavy atom. The first-order valence-corrected chi connectivity index (χ1v) is 13.6. The van der Waals surface area contributed by atoms with Crippen LogP contribution in [0.4, 0.5) is 4.39 Å². The molecule has 2 heterocycles. The molecule has 0 bridgehead atoms. The van der Waals surface area contributed by atoms with Crippen LogP contribution in [0, 0.1) is 11.7 Å². The van der Waals surface area contributed by atoms with Crippen LogP contribution in [-0.2, 0) is 17.6 Å². The highest BCUT2D eigenvalue weighted by atomic mass is 19.1. The lowest BCUT2D eigenvalue weighted by molar-refractivity contribution is -0.117. The third kappa shape index (κ3) is 6.92. The smallest absolute Gasteiger partial charge is 0.244 e. The highest BCUT2D eigenvalue weighted by Gasteiger charge is 2.23. The molecular formula is C32H36FN3O. The lowest BCUT2D eigenvalue weighted by Gasteiger charge is -2.30. The van der Waals surface area contributed by atoms with E-state index in [9.17, 15) is 9.18 Å². The van der Waals surface area contributed by atoms with Gasteiger partial charge >= 0.3 is 0 Å². The van der Waals surface area contributed by atoms with E-state index in [-0.39, 0.29) is 17.8 Å². The van der Waals surface area contributed by atoms with E-state index < -0.39 is 0 Å². The van der Waals surface area contributed by atoms with Gasteiger partial charge in [-0.2, -0.15) is 0 Å². The molecule has 1 fully saturated rings. The minimum atomic E-state index is -0.310. The standard InChI is InChI=1S/C32H36FN3O/c33-31-6-2-1-4-26(31)11-14-32(37)35-30-12-7-24(8-13-30)15-19-36-20-16-25-9-10-27(22-28(25)17-21-36)29-5-3-18-34-23-29/h1-6,9-11,14,18,22-24,30H,7-8,12-13,15-17,19-21H2,(H,35,37)/b14-11+. The largest absolute Gasteiger partial charge is 0.350 e. The fraction of sp³-hybridized carbons (Fsp3) is 0.375. The number of hydrogen-bond donors (Lipinski definition) is 1. The van der Waals surface area contributed by atoms with Crippen LogP contribution in [0.3, 0.4) is 0 Å². The number of halogens is 1. The predicted octanol–water partition coefficient (Wildman–Crippen LogP) is 6.07. The van der Waals surface area contributed by atoms with Gasteiger partial charge in [-0.3, -0.25) is 9.78 Å². The molecule has 37 heavy (non-hydrogen) atoms. The Balaban J connectivity index is 1.04. The summed E-state index contributed by atoms with van der Waals surface area (Å²) >= 11 is 0. The molecule has 5 heteroatoms. The van der Waals surface area contributed by atoms with Gasteiger partial charge in [-0.1, -0.05) is 42.5 Å². The number of rotatable bonds is 7. The third-order valence-corrected chi connectivity index (χ3v) is 7.96. The van der Waals surface area contributed by atoms with E-state index in [4.69, 9.17) is 0 Å². The van der Waals surface area contributed by atoms with E-state index in [1.807, 2.05) is 18.5 Å². The van der Waals surface area contributed by atoms with Gasteiger partial charge in [0.15, 0.2) is 0 Å². The van der Waals surface area contributed by atoms with E-state index in [2.05, 4.69) is 39.5 Å². The highest BCUT2D eigenvalue weighted by molar-refractivity contribution is 5.91. The molecule has 0 radical (unpaired) electrons. The number of benzene rings is 2.